The maximum Gasteiger partial charge on any atom is 0.248 e. The van der Waals surface area contributed by atoms with Crippen molar-refractivity contribution < 1.29 is 9.59 Å². The average molecular weight is 424 g/mol. The Morgan fingerprint density at radius 3 is 2.47 bits per heavy atom. The molecule has 1 aromatic carbocycles. The van der Waals surface area contributed by atoms with Crippen LogP contribution in [-0.4, -0.2) is 26.6 Å². The number of aryl methyl sites for hydroxylation is 2. The molecule has 1 unspecified atom stereocenters. The Kier molecular flexibility index (Phi) is 6.64. The second-order valence-corrected chi connectivity index (χ2v) is 7.24. The highest BCUT2D eigenvalue weighted by atomic mass is 35.5. The zero-order valence-corrected chi connectivity index (χ0v) is 17.6. The highest BCUT2D eigenvalue weighted by Crippen LogP contribution is 2.26. The van der Waals surface area contributed by atoms with Crippen molar-refractivity contribution in [2.45, 2.75) is 26.8 Å². The molecule has 0 aliphatic rings. The molecule has 2 N–H and O–H groups in total. The number of pyridine rings is 1. The molecule has 3 aromatic rings. The van der Waals surface area contributed by atoms with Gasteiger partial charge in [-0.15, -0.1) is 0 Å². The van der Waals surface area contributed by atoms with E-state index in [1.54, 1.807) is 60.4 Å². The number of benzene rings is 1. The molecule has 0 saturated heterocycles. The Morgan fingerprint density at radius 2 is 1.83 bits per heavy atom. The van der Waals surface area contributed by atoms with E-state index in [1.165, 1.54) is 6.08 Å². The zero-order chi connectivity index (χ0) is 21.7. The number of nitrogens with zero attached hydrogens (tertiary/aromatic N) is 3. The van der Waals surface area contributed by atoms with Crippen molar-refractivity contribution in [1.82, 2.24) is 14.8 Å². The number of carbonyl (C=O) groups excluding carboxylic acids is 2. The quantitative estimate of drug-likeness (QED) is 0.575. The van der Waals surface area contributed by atoms with E-state index in [1.807, 2.05) is 19.9 Å². The van der Waals surface area contributed by atoms with Crippen LogP contribution < -0.4 is 10.6 Å². The third kappa shape index (κ3) is 5.33. The molecule has 2 heterocycles. The molecule has 0 saturated carbocycles. The number of nitrogens with one attached hydrogen (secondary N) is 2. The van der Waals surface area contributed by atoms with Crippen LogP contribution in [0.25, 0.3) is 6.08 Å². The molecule has 0 bridgehead atoms. The van der Waals surface area contributed by atoms with Crippen molar-refractivity contribution >= 4 is 40.9 Å². The van der Waals surface area contributed by atoms with Gasteiger partial charge in [0.05, 0.1) is 16.4 Å². The first kappa shape index (κ1) is 21.3. The summed E-state index contributed by atoms with van der Waals surface area (Å²) in [6.07, 6.45) is 6.42. The summed E-state index contributed by atoms with van der Waals surface area (Å²) < 4.78 is 1.67. The van der Waals surface area contributed by atoms with Gasteiger partial charge in [0.2, 0.25) is 11.8 Å². The molecular formula is C22H22ClN5O2. The second kappa shape index (κ2) is 9.37. The van der Waals surface area contributed by atoms with Crippen molar-refractivity contribution in [1.29, 1.82) is 0 Å². The molecular weight excluding hydrogens is 402 g/mol. The fourth-order valence-corrected chi connectivity index (χ4v) is 3.14. The third-order valence-electron chi connectivity index (χ3n) is 4.42. The van der Waals surface area contributed by atoms with Crippen LogP contribution in [0.1, 0.15) is 29.9 Å². The van der Waals surface area contributed by atoms with Gasteiger partial charge in [-0.1, -0.05) is 11.6 Å². The van der Waals surface area contributed by atoms with Crippen LogP contribution in [0.2, 0.25) is 5.02 Å². The lowest BCUT2D eigenvalue weighted by Gasteiger charge is -2.15. The van der Waals surface area contributed by atoms with E-state index in [0.717, 1.165) is 17.0 Å². The Balaban J connectivity index is 1.63. The molecule has 0 aliphatic carbocycles. The molecule has 0 spiro atoms. The lowest BCUT2D eigenvalue weighted by Crippen LogP contribution is -2.25. The van der Waals surface area contributed by atoms with Crippen LogP contribution in [0.15, 0.2) is 54.9 Å². The fraction of sp³-hybridized carbons (Fsp3) is 0.182. The Labute approximate surface area is 179 Å². The molecule has 1 atom stereocenters. The van der Waals surface area contributed by atoms with Gasteiger partial charge >= 0.3 is 0 Å². The van der Waals surface area contributed by atoms with Crippen LogP contribution in [-0.2, 0) is 9.59 Å². The van der Waals surface area contributed by atoms with Crippen LogP contribution in [0, 0.1) is 13.8 Å². The molecule has 8 heteroatoms. The fourth-order valence-electron chi connectivity index (χ4n) is 2.91. The van der Waals surface area contributed by atoms with Gasteiger partial charge in [0, 0.05) is 29.9 Å². The summed E-state index contributed by atoms with van der Waals surface area (Å²) in [6.45, 7) is 5.55. The molecule has 2 amide bonds. The summed E-state index contributed by atoms with van der Waals surface area (Å²) >= 11 is 6.30. The Hall–Kier alpha value is -3.45. The average Bonchev–Trinajstić information content (AvgIpc) is 3.06. The SMILES string of the molecule is Cc1cc(C)n(C(C)C(=O)Nc2ccc(NC(=O)/C=C/c3ccncc3)cc2Cl)n1. The first-order valence-electron chi connectivity index (χ1n) is 9.36. The summed E-state index contributed by atoms with van der Waals surface area (Å²) in [5, 5.41) is 10.2. The van der Waals surface area contributed by atoms with Gasteiger partial charge in [0.25, 0.3) is 0 Å². The number of amides is 2. The van der Waals surface area contributed by atoms with Crippen LogP contribution in [0.3, 0.4) is 0 Å². The number of aromatic nitrogens is 3. The summed E-state index contributed by atoms with van der Waals surface area (Å²) in [4.78, 5) is 28.6. The van der Waals surface area contributed by atoms with Crippen molar-refractivity contribution in [3.05, 3.63) is 76.8 Å². The smallest absolute Gasteiger partial charge is 0.248 e. The van der Waals surface area contributed by atoms with E-state index in [4.69, 9.17) is 11.6 Å². The Morgan fingerprint density at radius 1 is 1.10 bits per heavy atom. The number of rotatable bonds is 6. The first-order chi connectivity index (χ1) is 14.3. The van der Waals surface area contributed by atoms with Gasteiger partial charge < -0.3 is 10.6 Å². The normalized spacial score (nSPS) is 12.0. The maximum absolute atomic E-state index is 12.6. The van der Waals surface area contributed by atoms with E-state index in [-0.39, 0.29) is 11.8 Å². The predicted octanol–water partition coefficient (Wildman–Crippen LogP) is 4.40. The van der Waals surface area contributed by atoms with E-state index >= 15 is 0 Å². The molecule has 0 aliphatic heterocycles. The molecule has 2 aromatic heterocycles. The summed E-state index contributed by atoms with van der Waals surface area (Å²) in [5.74, 6) is -0.530. The van der Waals surface area contributed by atoms with Gasteiger partial charge in [0.15, 0.2) is 0 Å². The number of hydrogen-bond acceptors (Lipinski definition) is 4. The van der Waals surface area contributed by atoms with E-state index in [2.05, 4.69) is 20.7 Å². The number of anilines is 2. The van der Waals surface area contributed by atoms with Crippen molar-refractivity contribution in [3.8, 4) is 0 Å². The van der Waals surface area contributed by atoms with E-state index in [9.17, 15) is 9.59 Å². The third-order valence-corrected chi connectivity index (χ3v) is 4.73. The highest BCUT2D eigenvalue weighted by Gasteiger charge is 2.19. The largest absolute Gasteiger partial charge is 0.323 e. The van der Waals surface area contributed by atoms with Crippen molar-refractivity contribution in [2.75, 3.05) is 10.6 Å². The van der Waals surface area contributed by atoms with Gasteiger partial charge in [-0.05, 0) is 68.8 Å². The minimum Gasteiger partial charge on any atom is -0.323 e. The maximum atomic E-state index is 12.6. The lowest BCUT2D eigenvalue weighted by molar-refractivity contribution is -0.119. The van der Waals surface area contributed by atoms with E-state index < -0.39 is 6.04 Å². The monoisotopic (exact) mass is 423 g/mol. The first-order valence-corrected chi connectivity index (χ1v) is 9.73. The number of halogens is 1. The van der Waals surface area contributed by atoms with Gasteiger partial charge in [-0.2, -0.15) is 5.10 Å². The lowest BCUT2D eigenvalue weighted by atomic mass is 10.2. The number of hydrogen-bond donors (Lipinski definition) is 2. The topological polar surface area (TPSA) is 88.9 Å². The standard InChI is InChI=1S/C22H22ClN5O2/c1-14-12-15(2)28(27-14)16(3)22(30)26-20-6-5-18(13-19(20)23)25-21(29)7-4-17-8-10-24-11-9-17/h4-13,16H,1-3H3,(H,25,29)(H,26,30)/b7-4+. The van der Waals surface area contributed by atoms with Gasteiger partial charge in [-0.25, -0.2) is 0 Å². The predicted molar refractivity (Wildman–Crippen MR) is 118 cm³/mol. The van der Waals surface area contributed by atoms with Crippen molar-refractivity contribution in [2.24, 2.45) is 0 Å². The molecule has 7 nitrogen and oxygen atoms in total. The van der Waals surface area contributed by atoms with Crippen molar-refractivity contribution in [3.63, 3.8) is 0 Å². The minimum atomic E-state index is -0.493. The van der Waals surface area contributed by atoms with Crippen LogP contribution in [0.5, 0.6) is 0 Å². The second-order valence-electron chi connectivity index (χ2n) is 6.83. The van der Waals surface area contributed by atoms with E-state index in [0.29, 0.717) is 16.4 Å². The molecule has 30 heavy (non-hydrogen) atoms. The van der Waals surface area contributed by atoms with Crippen LogP contribution in [0.4, 0.5) is 11.4 Å². The summed E-state index contributed by atoms with van der Waals surface area (Å²) in [7, 11) is 0. The zero-order valence-electron chi connectivity index (χ0n) is 16.9. The number of carbonyl (C=O) groups is 2. The Bertz CT molecular complexity index is 1090. The van der Waals surface area contributed by atoms with Crippen LogP contribution >= 0.6 is 11.6 Å². The molecule has 0 radical (unpaired) electrons. The summed E-state index contributed by atoms with van der Waals surface area (Å²) in [5.41, 5.74) is 3.60. The summed E-state index contributed by atoms with van der Waals surface area (Å²) in [6, 6.07) is 9.92. The molecule has 0 fully saturated rings. The van der Waals surface area contributed by atoms with Gasteiger partial charge in [-0.3, -0.25) is 19.3 Å². The molecule has 154 valence electrons. The highest BCUT2D eigenvalue weighted by molar-refractivity contribution is 6.34. The molecule has 3 rings (SSSR count). The minimum absolute atomic E-state index is 0.236. The van der Waals surface area contributed by atoms with Gasteiger partial charge in [0.1, 0.15) is 6.04 Å².